The van der Waals surface area contributed by atoms with Crippen LogP contribution in [0.4, 0.5) is 0 Å². The molecule has 184 valence electrons. The molecule has 3 N–H and O–H groups in total. The molecule has 4 rings (SSSR count). The molecule has 0 aliphatic carbocycles. The van der Waals surface area contributed by atoms with Gasteiger partial charge in [0.1, 0.15) is 0 Å². The fraction of sp³-hybridized carbons (Fsp3) is 0.154. The van der Waals surface area contributed by atoms with E-state index in [2.05, 4.69) is 152 Å². The number of aliphatic hydroxyl groups excluding tert-OH is 1. The van der Waals surface area contributed by atoms with Crippen molar-refractivity contribution in [1.29, 1.82) is 0 Å². The lowest BCUT2D eigenvalue weighted by Crippen LogP contribution is -3.00. The molecule has 0 aliphatic heterocycles. The Kier molecular flexibility index (Phi) is 21.6. The Bertz CT molecular complexity index is 944. The minimum absolute atomic E-state index is 0. The average Bonchev–Trinajstić information content (AvgIpc) is 2.76. The summed E-state index contributed by atoms with van der Waals surface area (Å²) in [5, 5.41) is 7.57. The number of benzene rings is 2. The molecule has 2 aromatic carbocycles. The van der Waals surface area contributed by atoms with Gasteiger partial charge in [-0.25, -0.2) is 0 Å². The van der Waals surface area contributed by atoms with Crippen LogP contribution >= 0.6 is 45.2 Å². The molecule has 0 bridgehead atoms. The number of hydrogen-bond acceptors (Lipinski definition) is 1. The van der Waals surface area contributed by atoms with Crippen LogP contribution < -0.4 is 33.9 Å². The second kappa shape index (κ2) is 21.0. The summed E-state index contributed by atoms with van der Waals surface area (Å²) < 4.78 is 6.91. The van der Waals surface area contributed by atoms with E-state index in [0.29, 0.717) is 0 Å². The van der Waals surface area contributed by atoms with Crippen molar-refractivity contribution >= 4 is 45.2 Å². The Morgan fingerprint density at radius 1 is 0.618 bits per heavy atom. The van der Waals surface area contributed by atoms with Crippen LogP contribution in [-0.4, -0.2) is 17.2 Å². The lowest BCUT2D eigenvalue weighted by atomic mass is 10.2. The third-order valence-electron chi connectivity index (χ3n) is 4.06. The molecule has 0 aliphatic rings. The van der Waals surface area contributed by atoms with Gasteiger partial charge in [-0.1, -0.05) is 60.7 Å². The number of halogens is 4. The summed E-state index contributed by atoms with van der Waals surface area (Å²) >= 11 is 4.65. The van der Waals surface area contributed by atoms with Gasteiger partial charge in [0, 0.05) is 29.9 Å². The Labute approximate surface area is 242 Å². The number of aliphatic hydroxyl groups is 1. The maximum atomic E-state index is 7.57. The van der Waals surface area contributed by atoms with Gasteiger partial charge in [-0.2, -0.15) is 9.13 Å². The molecule has 0 unspecified atom stereocenters. The summed E-state index contributed by atoms with van der Waals surface area (Å²) in [6.45, 7) is 3.81. The van der Waals surface area contributed by atoms with Crippen molar-refractivity contribution in [2.24, 2.45) is 0 Å². The summed E-state index contributed by atoms with van der Waals surface area (Å²) in [7, 11) is 0. The van der Waals surface area contributed by atoms with Crippen LogP contribution in [0.2, 0.25) is 0 Å². The monoisotopic (exact) mass is 726 g/mol. The van der Waals surface area contributed by atoms with Crippen LogP contribution in [0, 0.1) is 7.14 Å². The van der Waals surface area contributed by atoms with Crippen LogP contribution in [0.5, 0.6) is 0 Å². The van der Waals surface area contributed by atoms with Gasteiger partial charge in [0.25, 0.3) is 0 Å². The van der Waals surface area contributed by atoms with E-state index in [4.69, 9.17) is 5.11 Å². The maximum Gasteiger partial charge on any atom is 0.182 e. The molecular formula is C26H30Cl2I2N2O2. The van der Waals surface area contributed by atoms with E-state index >= 15 is 0 Å². The molecule has 0 atom stereocenters. The van der Waals surface area contributed by atoms with Crippen molar-refractivity contribution < 1.29 is 44.5 Å². The first-order chi connectivity index (χ1) is 15.1. The lowest BCUT2D eigenvalue weighted by molar-refractivity contribution is -0.689. The number of rotatable bonds is 4. The van der Waals surface area contributed by atoms with Gasteiger partial charge in [0.05, 0.1) is 7.14 Å². The van der Waals surface area contributed by atoms with Gasteiger partial charge in [-0.05, 0) is 64.2 Å². The molecule has 8 heteroatoms. The fourth-order valence-corrected chi connectivity index (χ4v) is 3.90. The molecule has 0 spiro atoms. The van der Waals surface area contributed by atoms with Crippen molar-refractivity contribution in [3.63, 3.8) is 0 Å². The Hall–Kier alpha value is -1.30. The van der Waals surface area contributed by atoms with Crippen LogP contribution in [0.3, 0.4) is 0 Å². The van der Waals surface area contributed by atoms with Crippen molar-refractivity contribution in [2.45, 2.75) is 20.0 Å². The maximum absolute atomic E-state index is 7.57. The number of aromatic nitrogens is 2. The average molecular weight is 727 g/mol. The zero-order valence-corrected chi connectivity index (χ0v) is 24.7. The fourth-order valence-electron chi connectivity index (χ4n) is 2.77. The third kappa shape index (κ3) is 14.9. The Balaban J connectivity index is 0. The summed E-state index contributed by atoms with van der Waals surface area (Å²) in [5.41, 5.74) is 2.67. The zero-order valence-electron chi connectivity index (χ0n) is 18.9. The molecule has 4 aromatic rings. The molecule has 0 saturated heterocycles. The molecule has 0 radical (unpaired) electrons. The van der Waals surface area contributed by atoms with Gasteiger partial charge in [0.2, 0.25) is 0 Å². The predicted octanol–water partition coefficient (Wildman–Crippen LogP) is -1.56. The molecular weight excluding hydrogens is 697 g/mol. The highest BCUT2D eigenvalue weighted by Gasteiger charge is 2.02. The molecule has 0 saturated carbocycles. The smallest absolute Gasteiger partial charge is 0.182 e. The molecule has 0 fully saturated rings. The zero-order chi connectivity index (χ0) is 22.3. The van der Waals surface area contributed by atoms with Crippen molar-refractivity contribution in [3.8, 4) is 0 Å². The Morgan fingerprint density at radius 3 is 1.24 bits per heavy atom. The van der Waals surface area contributed by atoms with Gasteiger partial charge < -0.3 is 35.4 Å². The quantitative estimate of drug-likeness (QED) is 0.201. The van der Waals surface area contributed by atoms with Crippen LogP contribution in [0.1, 0.15) is 18.1 Å². The van der Waals surface area contributed by atoms with Crippen molar-refractivity contribution in [1.82, 2.24) is 0 Å². The summed E-state index contributed by atoms with van der Waals surface area (Å²) in [5.74, 6) is 0. The summed E-state index contributed by atoms with van der Waals surface area (Å²) in [6, 6.07) is 29.3. The van der Waals surface area contributed by atoms with Gasteiger partial charge in [-0.15, -0.1) is 0 Å². The van der Waals surface area contributed by atoms with E-state index in [0.717, 1.165) is 13.1 Å². The topological polar surface area (TPSA) is 59.5 Å². The van der Waals surface area contributed by atoms with E-state index in [-0.39, 0.29) is 36.9 Å². The first-order valence-electron chi connectivity index (χ1n) is 10.1. The van der Waals surface area contributed by atoms with E-state index in [1.165, 1.54) is 18.3 Å². The molecule has 34 heavy (non-hydrogen) atoms. The van der Waals surface area contributed by atoms with Crippen LogP contribution in [0.15, 0.2) is 110 Å². The second-order valence-electron chi connectivity index (χ2n) is 6.68. The molecule has 2 heterocycles. The largest absolute Gasteiger partial charge is 1.00 e. The summed E-state index contributed by atoms with van der Waals surface area (Å²) in [6.07, 6.45) is 8.48. The van der Waals surface area contributed by atoms with Gasteiger partial charge in [-0.3, -0.25) is 0 Å². The number of nitrogens with zero attached hydrogens (tertiary/aromatic N) is 2. The number of hydrogen-bond donors (Lipinski definition) is 1. The third-order valence-corrected chi connectivity index (χ3v) is 5.34. The van der Waals surface area contributed by atoms with Crippen molar-refractivity contribution in [2.75, 3.05) is 6.61 Å². The Morgan fingerprint density at radius 2 is 0.941 bits per heavy atom. The van der Waals surface area contributed by atoms with Crippen LogP contribution in [-0.2, 0) is 13.1 Å². The summed E-state index contributed by atoms with van der Waals surface area (Å²) in [4.78, 5) is 0. The highest BCUT2D eigenvalue weighted by Crippen LogP contribution is 2.02. The van der Waals surface area contributed by atoms with Gasteiger partial charge in [0.15, 0.2) is 37.9 Å². The van der Waals surface area contributed by atoms with E-state index in [1.807, 2.05) is 12.1 Å². The van der Waals surface area contributed by atoms with Gasteiger partial charge >= 0.3 is 0 Å². The molecule has 4 nitrogen and oxygen atoms in total. The first-order valence-corrected chi connectivity index (χ1v) is 12.2. The van der Waals surface area contributed by atoms with E-state index in [9.17, 15) is 0 Å². The SMILES string of the molecule is CCO.Ic1ccc[n+](Cc2ccccc2)c1.Ic1ccc[n+](Cc2ccccc2)c1.O.[Cl-].[Cl-]. The predicted molar refractivity (Wildman–Crippen MR) is 146 cm³/mol. The molecule has 0 amide bonds. The lowest BCUT2D eigenvalue weighted by Gasteiger charge is -1.97. The standard InChI is InChI=1S/2C12H11IN.C2H6O.2ClH.H2O/c2*13-12-7-4-8-14(10-12)9-11-5-2-1-3-6-11;1-2-3;;;/h2*1-8,10H,9H2;3H,2H2,1H3;2*1H;1H2/q2*+1;;;;/p-2. The van der Waals surface area contributed by atoms with Crippen LogP contribution in [0.25, 0.3) is 0 Å². The normalized spacial score (nSPS) is 8.82. The van der Waals surface area contributed by atoms with Crippen molar-refractivity contribution in [3.05, 3.63) is 128 Å². The first kappa shape index (κ1) is 34.9. The van der Waals surface area contributed by atoms with E-state index < -0.39 is 0 Å². The van der Waals surface area contributed by atoms with E-state index in [1.54, 1.807) is 6.92 Å². The highest BCUT2D eigenvalue weighted by molar-refractivity contribution is 14.1. The second-order valence-corrected chi connectivity index (χ2v) is 9.17. The minimum Gasteiger partial charge on any atom is -1.00 e. The molecule has 2 aromatic heterocycles. The minimum atomic E-state index is 0. The number of pyridine rings is 2. The highest BCUT2D eigenvalue weighted by atomic mass is 127.